The van der Waals surface area contributed by atoms with Crippen molar-refractivity contribution in [2.45, 2.75) is 13.0 Å². The lowest BCUT2D eigenvalue weighted by molar-refractivity contribution is -0.117. The Balaban J connectivity index is 2.64. The summed E-state index contributed by atoms with van der Waals surface area (Å²) in [5.74, 6) is 0.575. The molecule has 0 N–H and O–H groups in total. The highest BCUT2D eigenvalue weighted by molar-refractivity contribution is 6.64. The zero-order valence-electron chi connectivity index (χ0n) is 6.96. The summed E-state index contributed by atoms with van der Waals surface area (Å²) < 4.78 is 5.19. The quantitative estimate of drug-likeness (QED) is 0.730. The van der Waals surface area contributed by atoms with Gasteiger partial charge in [0.25, 0.3) is 5.24 Å². The molecule has 0 aliphatic heterocycles. The monoisotopic (exact) mass is 218 g/mol. The van der Waals surface area contributed by atoms with Crippen LogP contribution in [0.1, 0.15) is 6.92 Å². The summed E-state index contributed by atoms with van der Waals surface area (Å²) in [6, 6.07) is 6.72. The number of benzene rings is 1. The van der Waals surface area contributed by atoms with Crippen molar-refractivity contribution in [2.75, 3.05) is 0 Å². The molecule has 0 aliphatic rings. The Morgan fingerprint density at radius 2 is 1.92 bits per heavy atom. The van der Waals surface area contributed by atoms with Crippen LogP contribution in [0.25, 0.3) is 0 Å². The minimum absolute atomic E-state index is 0.519. The highest BCUT2D eigenvalue weighted by Gasteiger charge is 2.10. The van der Waals surface area contributed by atoms with E-state index >= 15 is 0 Å². The van der Waals surface area contributed by atoms with E-state index < -0.39 is 11.3 Å². The molecule has 0 aromatic heterocycles. The fourth-order valence-electron chi connectivity index (χ4n) is 0.764. The molecule has 0 saturated heterocycles. The SMILES string of the molecule is C[C@H](Oc1ccc(Cl)cc1)C(=O)Cl. The Kier molecular flexibility index (Phi) is 3.58. The molecule has 0 fully saturated rings. The lowest BCUT2D eigenvalue weighted by Gasteiger charge is -2.09. The minimum atomic E-state index is -0.636. The van der Waals surface area contributed by atoms with Crippen molar-refractivity contribution in [3.8, 4) is 5.75 Å². The molecule has 0 unspecified atom stereocenters. The van der Waals surface area contributed by atoms with Crippen molar-refractivity contribution in [1.29, 1.82) is 0 Å². The molecule has 0 heterocycles. The van der Waals surface area contributed by atoms with Gasteiger partial charge in [-0.25, -0.2) is 0 Å². The van der Waals surface area contributed by atoms with Gasteiger partial charge in [-0.2, -0.15) is 0 Å². The fraction of sp³-hybridized carbons (Fsp3) is 0.222. The van der Waals surface area contributed by atoms with E-state index in [0.29, 0.717) is 10.8 Å². The maximum absolute atomic E-state index is 10.6. The van der Waals surface area contributed by atoms with Gasteiger partial charge in [0.15, 0.2) is 6.10 Å². The highest BCUT2D eigenvalue weighted by atomic mass is 35.5. The van der Waals surface area contributed by atoms with Crippen LogP contribution in [-0.4, -0.2) is 11.3 Å². The van der Waals surface area contributed by atoms with Gasteiger partial charge in [-0.15, -0.1) is 0 Å². The number of ether oxygens (including phenoxy) is 1. The van der Waals surface area contributed by atoms with Gasteiger partial charge in [-0.05, 0) is 42.8 Å². The predicted octanol–water partition coefficient (Wildman–Crippen LogP) is 2.87. The molecule has 13 heavy (non-hydrogen) atoms. The Morgan fingerprint density at radius 1 is 1.38 bits per heavy atom. The van der Waals surface area contributed by atoms with E-state index in [2.05, 4.69) is 0 Å². The Morgan fingerprint density at radius 3 is 2.38 bits per heavy atom. The first-order chi connectivity index (χ1) is 6.09. The zero-order valence-corrected chi connectivity index (χ0v) is 8.47. The van der Waals surface area contributed by atoms with Crippen LogP contribution < -0.4 is 4.74 Å². The zero-order chi connectivity index (χ0) is 9.84. The third-order valence-corrected chi connectivity index (χ3v) is 2.01. The topological polar surface area (TPSA) is 26.3 Å². The van der Waals surface area contributed by atoms with Crippen LogP contribution in [0, 0.1) is 0 Å². The largest absolute Gasteiger partial charge is 0.482 e. The second-order valence-electron chi connectivity index (χ2n) is 2.52. The lowest BCUT2D eigenvalue weighted by Crippen LogP contribution is -2.18. The van der Waals surface area contributed by atoms with Crippen LogP contribution in [0.4, 0.5) is 0 Å². The molecule has 0 amide bonds. The number of hydrogen-bond acceptors (Lipinski definition) is 2. The summed E-state index contributed by atoms with van der Waals surface area (Å²) in [5.41, 5.74) is 0. The Labute approximate surface area is 86.4 Å². The van der Waals surface area contributed by atoms with Crippen LogP contribution >= 0.6 is 23.2 Å². The van der Waals surface area contributed by atoms with Crippen molar-refractivity contribution < 1.29 is 9.53 Å². The van der Waals surface area contributed by atoms with E-state index in [-0.39, 0.29) is 0 Å². The molecule has 1 rings (SSSR count). The van der Waals surface area contributed by atoms with Crippen LogP contribution in [-0.2, 0) is 4.79 Å². The molecule has 0 aliphatic carbocycles. The first-order valence-electron chi connectivity index (χ1n) is 3.71. The van der Waals surface area contributed by atoms with Crippen LogP contribution in [0.3, 0.4) is 0 Å². The van der Waals surface area contributed by atoms with E-state index in [4.69, 9.17) is 27.9 Å². The number of halogens is 2. The number of hydrogen-bond donors (Lipinski definition) is 0. The van der Waals surface area contributed by atoms with Crippen molar-refractivity contribution in [1.82, 2.24) is 0 Å². The van der Waals surface area contributed by atoms with Gasteiger partial charge >= 0.3 is 0 Å². The molecule has 0 saturated carbocycles. The number of carbonyl (C=O) groups is 1. The fourth-order valence-corrected chi connectivity index (χ4v) is 0.934. The average Bonchev–Trinajstić information content (AvgIpc) is 2.08. The Bertz CT molecular complexity index is 295. The summed E-state index contributed by atoms with van der Waals surface area (Å²) in [5, 5.41) is 0.104. The molecule has 0 radical (unpaired) electrons. The first-order valence-corrected chi connectivity index (χ1v) is 4.47. The van der Waals surface area contributed by atoms with Crippen molar-refractivity contribution in [3.05, 3.63) is 29.3 Å². The van der Waals surface area contributed by atoms with E-state index in [0.717, 1.165) is 0 Å². The third kappa shape index (κ3) is 3.25. The number of carbonyl (C=O) groups excluding carboxylic acids is 1. The normalized spacial score (nSPS) is 12.2. The summed E-state index contributed by atoms with van der Waals surface area (Å²) in [4.78, 5) is 10.6. The van der Waals surface area contributed by atoms with Crippen molar-refractivity contribution >= 4 is 28.4 Å². The molecule has 4 heteroatoms. The maximum atomic E-state index is 10.6. The number of rotatable bonds is 3. The van der Waals surface area contributed by atoms with Gasteiger partial charge < -0.3 is 4.74 Å². The summed E-state index contributed by atoms with van der Waals surface area (Å²) in [7, 11) is 0. The van der Waals surface area contributed by atoms with Crippen LogP contribution in [0.5, 0.6) is 5.75 Å². The smallest absolute Gasteiger partial charge is 0.262 e. The molecular formula is C9H8Cl2O2. The summed E-state index contributed by atoms with van der Waals surface area (Å²) in [6.45, 7) is 1.59. The summed E-state index contributed by atoms with van der Waals surface area (Å²) >= 11 is 10.9. The molecule has 0 spiro atoms. The molecule has 1 atom stereocenters. The lowest BCUT2D eigenvalue weighted by atomic mass is 10.3. The average molecular weight is 219 g/mol. The summed E-state index contributed by atoms with van der Waals surface area (Å²) in [6.07, 6.45) is -0.636. The van der Waals surface area contributed by atoms with Gasteiger partial charge in [-0.1, -0.05) is 11.6 Å². The van der Waals surface area contributed by atoms with Crippen LogP contribution in [0.15, 0.2) is 24.3 Å². The Hall–Kier alpha value is -0.730. The highest BCUT2D eigenvalue weighted by Crippen LogP contribution is 2.17. The van der Waals surface area contributed by atoms with Crippen molar-refractivity contribution in [3.63, 3.8) is 0 Å². The predicted molar refractivity (Wildman–Crippen MR) is 52.4 cm³/mol. The van der Waals surface area contributed by atoms with Gasteiger partial charge in [0, 0.05) is 5.02 Å². The standard InChI is InChI=1S/C9H8Cl2O2/c1-6(9(11)12)13-8-4-2-7(10)3-5-8/h2-6H,1H3/t6-/m0/s1. The van der Waals surface area contributed by atoms with Gasteiger partial charge in [0.1, 0.15) is 5.75 Å². The first kappa shape index (κ1) is 10.4. The van der Waals surface area contributed by atoms with E-state index in [9.17, 15) is 4.79 Å². The van der Waals surface area contributed by atoms with Crippen molar-refractivity contribution in [2.24, 2.45) is 0 Å². The maximum Gasteiger partial charge on any atom is 0.262 e. The van der Waals surface area contributed by atoms with E-state index in [1.807, 2.05) is 0 Å². The molecule has 70 valence electrons. The van der Waals surface area contributed by atoms with E-state index in [1.165, 1.54) is 0 Å². The minimum Gasteiger partial charge on any atom is -0.482 e. The molecule has 1 aromatic carbocycles. The second kappa shape index (κ2) is 4.49. The molecule has 0 bridgehead atoms. The van der Waals surface area contributed by atoms with Gasteiger partial charge in [0.05, 0.1) is 0 Å². The van der Waals surface area contributed by atoms with Gasteiger partial charge in [0.2, 0.25) is 0 Å². The van der Waals surface area contributed by atoms with Crippen LogP contribution in [0.2, 0.25) is 5.02 Å². The van der Waals surface area contributed by atoms with Gasteiger partial charge in [-0.3, -0.25) is 4.79 Å². The third-order valence-electron chi connectivity index (χ3n) is 1.45. The van der Waals surface area contributed by atoms with E-state index in [1.54, 1.807) is 31.2 Å². The molecule has 1 aromatic rings. The molecule has 2 nitrogen and oxygen atoms in total. The second-order valence-corrected chi connectivity index (χ2v) is 3.33. The molecular weight excluding hydrogens is 211 g/mol.